The van der Waals surface area contributed by atoms with Gasteiger partial charge >= 0.3 is 5.97 Å². The Labute approximate surface area is 213 Å². The van der Waals surface area contributed by atoms with Crippen molar-refractivity contribution in [1.29, 1.82) is 0 Å². The summed E-state index contributed by atoms with van der Waals surface area (Å²) in [6.07, 6.45) is 0. The van der Waals surface area contributed by atoms with Gasteiger partial charge in [-0.2, -0.15) is 0 Å². The maximum Gasteiger partial charge on any atom is 0.346 e. The van der Waals surface area contributed by atoms with Crippen LogP contribution in [0.2, 0.25) is 0 Å². The number of hydrogen-bond acceptors (Lipinski definition) is 7. The summed E-state index contributed by atoms with van der Waals surface area (Å²) in [7, 11) is 1.61. The van der Waals surface area contributed by atoms with E-state index < -0.39 is 5.54 Å². The number of thioether (sulfide) groups is 2. The smallest absolute Gasteiger partial charge is 0.346 e. The van der Waals surface area contributed by atoms with Gasteiger partial charge in [-0.15, -0.1) is 0 Å². The molecule has 5 nitrogen and oxygen atoms in total. The molecule has 4 rings (SSSR count). The van der Waals surface area contributed by atoms with Gasteiger partial charge in [-0.3, -0.25) is 4.79 Å². The number of methoxy groups -OCH3 is 1. The van der Waals surface area contributed by atoms with Gasteiger partial charge in [-0.25, -0.2) is 4.79 Å². The third kappa shape index (κ3) is 4.19. The van der Waals surface area contributed by atoms with Gasteiger partial charge in [-0.1, -0.05) is 66.1 Å². The van der Waals surface area contributed by atoms with E-state index in [0.29, 0.717) is 22.1 Å². The number of hydrogen-bond donors (Lipinski definition) is 0. The van der Waals surface area contributed by atoms with E-state index in [0.717, 1.165) is 31.5 Å². The van der Waals surface area contributed by atoms with Gasteiger partial charge < -0.3 is 14.4 Å². The Kier molecular flexibility index (Phi) is 6.94. The van der Waals surface area contributed by atoms with Crippen molar-refractivity contribution in [2.45, 2.75) is 33.2 Å². The number of fused-ring (bicyclic) bond motifs is 1. The monoisotopic (exact) mass is 511 g/mol. The van der Waals surface area contributed by atoms with Gasteiger partial charge in [0.05, 0.1) is 34.0 Å². The summed E-state index contributed by atoms with van der Waals surface area (Å²) in [5.41, 5.74) is 2.63. The van der Waals surface area contributed by atoms with Crippen molar-refractivity contribution in [3.05, 3.63) is 68.8 Å². The number of amides is 1. The predicted molar refractivity (Wildman–Crippen MR) is 145 cm³/mol. The molecule has 0 spiro atoms. The van der Waals surface area contributed by atoms with Crippen LogP contribution in [0.1, 0.15) is 38.8 Å². The Morgan fingerprint density at radius 1 is 1.09 bits per heavy atom. The first kappa shape index (κ1) is 24.6. The second-order valence-corrected chi connectivity index (χ2v) is 10.9. The lowest BCUT2D eigenvalue weighted by Gasteiger charge is -2.44. The first-order valence-electron chi connectivity index (χ1n) is 10.8. The Morgan fingerprint density at radius 3 is 2.41 bits per heavy atom. The molecule has 0 fully saturated rings. The predicted octanol–water partition coefficient (Wildman–Crippen LogP) is 6.29. The van der Waals surface area contributed by atoms with Gasteiger partial charge in [0.1, 0.15) is 10.7 Å². The third-order valence-electron chi connectivity index (χ3n) is 5.67. The molecule has 0 aliphatic carbocycles. The SMILES string of the molecule is CCOC(=O)C1=C(c2ccccc2)SC(=C2C(=S)C(C)(C)N(C(C)=O)c3ccc(OC)cc32)S1. The zero-order valence-electron chi connectivity index (χ0n) is 19.6. The molecule has 0 saturated carbocycles. The summed E-state index contributed by atoms with van der Waals surface area (Å²) in [4.78, 5) is 29.4. The minimum absolute atomic E-state index is 0.0927. The highest BCUT2D eigenvalue weighted by molar-refractivity contribution is 8.32. The Hall–Kier alpha value is -2.55. The van der Waals surface area contributed by atoms with E-state index in [-0.39, 0.29) is 11.9 Å². The molecule has 0 radical (unpaired) electrons. The fraction of sp³-hybridized carbons (Fsp3) is 0.269. The number of anilines is 1. The van der Waals surface area contributed by atoms with Crippen molar-refractivity contribution < 1.29 is 19.1 Å². The summed E-state index contributed by atoms with van der Waals surface area (Å²) < 4.78 is 11.8. The minimum atomic E-state index is -0.730. The maximum absolute atomic E-state index is 12.9. The van der Waals surface area contributed by atoms with Crippen molar-refractivity contribution >= 4 is 68.6 Å². The molecule has 1 amide bonds. The van der Waals surface area contributed by atoms with E-state index >= 15 is 0 Å². The highest BCUT2D eigenvalue weighted by atomic mass is 32.2. The van der Waals surface area contributed by atoms with E-state index in [1.165, 1.54) is 23.5 Å². The molecule has 2 aromatic carbocycles. The summed E-state index contributed by atoms with van der Waals surface area (Å²) in [5, 5.41) is 0. The number of benzene rings is 2. The van der Waals surface area contributed by atoms with Crippen molar-refractivity contribution in [3.63, 3.8) is 0 Å². The molecule has 8 heteroatoms. The summed E-state index contributed by atoms with van der Waals surface area (Å²) in [5.74, 6) is 0.217. The third-order valence-corrected chi connectivity index (χ3v) is 9.00. The molecule has 2 aromatic rings. The largest absolute Gasteiger partial charge is 0.497 e. The molecule has 0 aromatic heterocycles. The number of nitrogens with zero attached hydrogens (tertiary/aromatic N) is 1. The molecule has 176 valence electrons. The van der Waals surface area contributed by atoms with Crippen molar-refractivity contribution in [1.82, 2.24) is 0 Å². The van der Waals surface area contributed by atoms with Crippen LogP contribution in [0.25, 0.3) is 10.5 Å². The maximum atomic E-state index is 12.9. The Balaban J connectivity index is 1.94. The van der Waals surface area contributed by atoms with Crippen LogP contribution in [-0.4, -0.2) is 36.0 Å². The molecule has 0 unspecified atom stereocenters. The zero-order chi connectivity index (χ0) is 24.6. The molecule has 0 atom stereocenters. The van der Waals surface area contributed by atoms with Crippen molar-refractivity contribution in [2.24, 2.45) is 0 Å². The number of ether oxygens (including phenoxy) is 2. The van der Waals surface area contributed by atoms with E-state index in [1.54, 1.807) is 25.9 Å². The second-order valence-electron chi connectivity index (χ2n) is 8.24. The second kappa shape index (κ2) is 9.60. The fourth-order valence-corrected chi connectivity index (χ4v) is 7.28. The summed E-state index contributed by atoms with van der Waals surface area (Å²) in [6.45, 7) is 7.54. The quantitative estimate of drug-likeness (QED) is 0.272. The van der Waals surface area contributed by atoms with E-state index in [9.17, 15) is 9.59 Å². The van der Waals surface area contributed by atoms with Crippen LogP contribution < -0.4 is 9.64 Å². The molecular weight excluding hydrogens is 486 g/mol. The normalized spacial score (nSPS) is 19.2. The number of carbonyl (C=O) groups excluding carboxylic acids is 2. The van der Waals surface area contributed by atoms with Gasteiger partial charge in [0.2, 0.25) is 5.91 Å². The molecule has 2 heterocycles. The zero-order valence-corrected chi connectivity index (χ0v) is 22.1. The first-order valence-corrected chi connectivity index (χ1v) is 12.9. The van der Waals surface area contributed by atoms with E-state index in [1.807, 2.05) is 62.4 Å². The molecule has 2 aliphatic heterocycles. The minimum Gasteiger partial charge on any atom is -0.497 e. The molecule has 2 aliphatic rings. The standard InChI is InChI=1S/C26H25NO4S3/c1-6-31-24(29)22-21(16-10-8-7-9-11-16)33-25(34-22)20-18-14-17(30-5)12-13-19(18)27(15(2)28)26(3,4)23(20)32/h7-14H,6H2,1-5H3. The average molecular weight is 512 g/mol. The Morgan fingerprint density at radius 2 is 1.79 bits per heavy atom. The molecule has 0 bridgehead atoms. The highest BCUT2D eigenvalue weighted by Gasteiger charge is 2.44. The van der Waals surface area contributed by atoms with Crippen LogP contribution >= 0.6 is 35.7 Å². The lowest BCUT2D eigenvalue weighted by atomic mass is 9.83. The molecule has 34 heavy (non-hydrogen) atoms. The average Bonchev–Trinajstić information content (AvgIpc) is 3.25. The van der Waals surface area contributed by atoms with Gasteiger partial charge in [0, 0.05) is 23.0 Å². The number of rotatable bonds is 4. The van der Waals surface area contributed by atoms with E-state index in [4.69, 9.17) is 21.7 Å². The number of esters is 1. The summed E-state index contributed by atoms with van der Waals surface area (Å²) in [6, 6.07) is 15.4. The van der Waals surface area contributed by atoms with Crippen molar-refractivity contribution in [3.8, 4) is 5.75 Å². The van der Waals surface area contributed by atoms with Crippen LogP contribution in [0.4, 0.5) is 5.69 Å². The van der Waals surface area contributed by atoms with Gasteiger partial charge in [0.25, 0.3) is 0 Å². The fourth-order valence-electron chi connectivity index (χ4n) is 4.15. The summed E-state index contributed by atoms with van der Waals surface area (Å²) >= 11 is 8.90. The van der Waals surface area contributed by atoms with Crippen LogP contribution in [0, 0.1) is 0 Å². The number of thiocarbonyl (C=S) groups is 1. The van der Waals surface area contributed by atoms with Crippen LogP contribution in [0.5, 0.6) is 5.75 Å². The van der Waals surface area contributed by atoms with Crippen molar-refractivity contribution in [2.75, 3.05) is 18.6 Å². The van der Waals surface area contributed by atoms with Gasteiger partial charge in [0.15, 0.2) is 0 Å². The van der Waals surface area contributed by atoms with Crippen LogP contribution in [0.3, 0.4) is 0 Å². The molecule has 0 saturated heterocycles. The first-order chi connectivity index (χ1) is 16.2. The lowest BCUT2D eigenvalue weighted by Crippen LogP contribution is -2.55. The lowest BCUT2D eigenvalue weighted by molar-refractivity contribution is -0.137. The van der Waals surface area contributed by atoms with Crippen LogP contribution in [-0.2, 0) is 14.3 Å². The van der Waals surface area contributed by atoms with Crippen LogP contribution in [0.15, 0.2) is 57.7 Å². The van der Waals surface area contributed by atoms with Gasteiger partial charge in [-0.05, 0) is 44.5 Å². The topological polar surface area (TPSA) is 55.8 Å². The van der Waals surface area contributed by atoms with E-state index in [2.05, 4.69) is 0 Å². The molecular formula is C26H25NO4S3. The molecule has 0 N–H and O–H groups in total. The Bertz CT molecular complexity index is 1250. The highest BCUT2D eigenvalue weighted by Crippen LogP contribution is 2.58. The number of carbonyl (C=O) groups is 2.